The van der Waals surface area contributed by atoms with Crippen LogP contribution in [0.25, 0.3) is 0 Å². The van der Waals surface area contributed by atoms with Crippen LogP contribution < -0.4 is 15.8 Å². The zero-order valence-corrected chi connectivity index (χ0v) is 11.4. The van der Waals surface area contributed by atoms with Gasteiger partial charge in [-0.2, -0.15) is 0 Å². The number of benzene rings is 1. The monoisotopic (exact) mass is 248 g/mol. The molecule has 0 heterocycles. The number of nitrogen functional groups attached to an aromatic ring is 1. The molecule has 2 unspecified atom stereocenters. The van der Waals surface area contributed by atoms with Gasteiger partial charge in [-0.3, -0.25) is 0 Å². The molecule has 2 rings (SSSR count). The van der Waals surface area contributed by atoms with E-state index in [0.29, 0.717) is 6.04 Å². The minimum Gasteiger partial charge on any atom is -0.497 e. The second-order valence-corrected chi connectivity index (χ2v) is 5.41. The standard InChI is InChI=1S/C15H24N2O/c1-11-4-3-5-12(7-6-11)17-15-10-13(18-2)8-9-14(15)16/h8-12,17H,3-7,16H2,1-2H3. The highest BCUT2D eigenvalue weighted by Gasteiger charge is 2.16. The SMILES string of the molecule is COc1ccc(N)c(NC2CCCC(C)CC2)c1. The van der Waals surface area contributed by atoms with Crippen LogP contribution in [0.4, 0.5) is 11.4 Å². The van der Waals surface area contributed by atoms with Gasteiger partial charge < -0.3 is 15.8 Å². The molecule has 1 aliphatic carbocycles. The molecule has 3 N–H and O–H groups in total. The second-order valence-electron chi connectivity index (χ2n) is 5.41. The fourth-order valence-corrected chi connectivity index (χ4v) is 2.64. The van der Waals surface area contributed by atoms with Crippen LogP contribution in [0.2, 0.25) is 0 Å². The zero-order valence-electron chi connectivity index (χ0n) is 11.4. The molecule has 0 bridgehead atoms. The summed E-state index contributed by atoms with van der Waals surface area (Å²) in [5, 5.41) is 3.58. The fraction of sp³-hybridized carbons (Fsp3) is 0.600. The number of rotatable bonds is 3. The first-order chi connectivity index (χ1) is 8.69. The van der Waals surface area contributed by atoms with Crippen molar-refractivity contribution < 1.29 is 4.74 Å². The van der Waals surface area contributed by atoms with E-state index in [0.717, 1.165) is 23.0 Å². The molecule has 1 aromatic carbocycles. The van der Waals surface area contributed by atoms with E-state index in [1.54, 1.807) is 7.11 Å². The van der Waals surface area contributed by atoms with Crippen LogP contribution in [0.3, 0.4) is 0 Å². The molecule has 0 radical (unpaired) electrons. The number of nitrogens with two attached hydrogens (primary N) is 1. The summed E-state index contributed by atoms with van der Waals surface area (Å²) in [6.45, 7) is 2.35. The molecule has 3 nitrogen and oxygen atoms in total. The summed E-state index contributed by atoms with van der Waals surface area (Å²) in [7, 11) is 1.68. The highest BCUT2D eigenvalue weighted by molar-refractivity contribution is 5.68. The van der Waals surface area contributed by atoms with E-state index in [1.807, 2.05) is 18.2 Å². The Morgan fingerprint density at radius 3 is 2.83 bits per heavy atom. The maximum Gasteiger partial charge on any atom is 0.121 e. The molecule has 100 valence electrons. The molecule has 1 saturated carbocycles. The number of ether oxygens (including phenoxy) is 1. The number of nitrogens with one attached hydrogen (secondary N) is 1. The van der Waals surface area contributed by atoms with E-state index >= 15 is 0 Å². The van der Waals surface area contributed by atoms with Crippen LogP contribution >= 0.6 is 0 Å². The van der Waals surface area contributed by atoms with Gasteiger partial charge in [0.05, 0.1) is 18.5 Å². The largest absolute Gasteiger partial charge is 0.497 e. The van der Waals surface area contributed by atoms with Crippen molar-refractivity contribution in [1.82, 2.24) is 0 Å². The van der Waals surface area contributed by atoms with Gasteiger partial charge in [-0.15, -0.1) is 0 Å². The Labute approximate surface area is 110 Å². The Morgan fingerprint density at radius 1 is 1.22 bits per heavy atom. The van der Waals surface area contributed by atoms with Gasteiger partial charge in [0.15, 0.2) is 0 Å². The van der Waals surface area contributed by atoms with E-state index in [9.17, 15) is 0 Å². The molecular formula is C15H24N2O. The highest BCUT2D eigenvalue weighted by atomic mass is 16.5. The number of methoxy groups -OCH3 is 1. The normalized spacial score (nSPS) is 24.3. The average molecular weight is 248 g/mol. The molecule has 0 aliphatic heterocycles. The van der Waals surface area contributed by atoms with E-state index in [1.165, 1.54) is 32.1 Å². The summed E-state index contributed by atoms with van der Waals surface area (Å²) < 4.78 is 5.25. The predicted octanol–water partition coefficient (Wildman–Crippen LogP) is 3.66. The minimum absolute atomic E-state index is 0.546. The van der Waals surface area contributed by atoms with Gasteiger partial charge in [-0.05, 0) is 37.3 Å². The van der Waals surface area contributed by atoms with Gasteiger partial charge in [-0.25, -0.2) is 0 Å². The summed E-state index contributed by atoms with van der Waals surface area (Å²) in [6.07, 6.45) is 6.44. The van der Waals surface area contributed by atoms with Crippen molar-refractivity contribution in [1.29, 1.82) is 0 Å². The van der Waals surface area contributed by atoms with Crippen LogP contribution in [0.5, 0.6) is 5.75 Å². The number of hydrogen-bond acceptors (Lipinski definition) is 3. The Kier molecular flexibility index (Phi) is 4.34. The lowest BCUT2D eigenvalue weighted by Gasteiger charge is -2.19. The third kappa shape index (κ3) is 3.31. The van der Waals surface area contributed by atoms with E-state index < -0.39 is 0 Å². The maximum atomic E-state index is 6.01. The lowest BCUT2D eigenvalue weighted by molar-refractivity contribution is 0.415. The Morgan fingerprint density at radius 2 is 2.06 bits per heavy atom. The van der Waals surface area contributed by atoms with Crippen molar-refractivity contribution in [3.05, 3.63) is 18.2 Å². The summed E-state index contributed by atoms with van der Waals surface area (Å²) in [4.78, 5) is 0. The first kappa shape index (κ1) is 13.1. The minimum atomic E-state index is 0.546. The van der Waals surface area contributed by atoms with Crippen molar-refractivity contribution in [3.63, 3.8) is 0 Å². The van der Waals surface area contributed by atoms with Gasteiger partial charge in [-0.1, -0.05) is 19.8 Å². The van der Waals surface area contributed by atoms with E-state index in [2.05, 4.69) is 12.2 Å². The molecule has 1 aliphatic rings. The quantitative estimate of drug-likeness (QED) is 0.634. The van der Waals surface area contributed by atoms with Gasteiger partial charge >= 0.3 is 0 Å². The van der Waals surface area contributed by atoms with Crippen molar-refractivity contribution >= 4 is 11.4 Å². The van der Waals surface area contributed by atoms with Gasteiger partial charge in [0.2, 0.25) is 0 Å². The maximum absolute atomic E-state index is 6.01. The van der Waals surface area contributed by atoms with Gasteiger partial charge in [0, 0.05) is 12.1 Å². The summed E-state index contributed by atoms with van der Waals surface area (Å²) >= 11 is 0. The topological polar surface area (TPSA) is 47.3 Å². The second kappa shape index (κ2) is 5.98. The Bertz CT molecular complexity index is 392. The smallest absolute Gasteiger partial charge is 0.121 e. The zero-order chi connectivity index (χ0) is 13.0. The third-order valence-corrected chi connectivity index (χ3v) is 3.88. The van der Waals surface area contributed by atoms with Crippen LogP contribution in [0.15, 0.2) is 18.2 Å². The lowest BCUT2D eigenvalue weighted by atomic mass is 10.0. The molecule has 18 heavy (non-hydrogen) atoms. The first-order valence-corrected chi connectivity index (χ1v) is 6.89. The summed E-state index contributed by atoms with van der Waals surface area (Å²) in [5.74, 6) is 1.72. The molecule has 1 fully saturated rings. The molecular weight excluding hydrogens is 224 g/mol. The number of anilines is 2. The first-order valence-electron chi connectivity index (χ1n) is 6.89. The van der Waals surface area contributed by atoms with Gasteiger partial charge in [0.1, 0.15) is 5.75 Å². The third-order valence-electron chi connectivity index (χ3n) is 3.88. The van der Waals surface area contributed by atoms with Crippen LogP contribution in [0.1, 0.15) is 39.0 Å². The van der Waals surface area contributed by atoms with Crippen molar-refractivity contribution in [3.8, 4) is 5.75 Å². The average Bonchev–Trinajstić information content (AvgIpc) is 2.57. The van der Waals surface area contributed by atoms with Crippen molar-refractivity contribution in [2.75, 3.05) is 18.2 Å². The van der Waals surface area contributed by atoms with Crippen LogP contribution in [-0.2, 0) is 0 Å². The van der Waals surface area contributed by atoms with Crippen LogP contribution in [0, 0.1) is 5.92 Å². The number of hydrogen-bond donors (Lipinski definition) is 2. The molecule has 3 heteroatoms. The fourth-order valence-electron chi connectivity index (χ4n) is 2.64. The van der Waals surface area contributed by atoms with Crippen molar-refractivity contribution in [2.45, 2.75) is 45.1 Å². The van der Waals surface area contributed by atoms with Gasteiger partial charge in [0.25, 0.3) is 0 Å². The summed E-state index contributed by atoms with van der Waals surface area (Å²) in [5.41, 5.74) is 7.82. The van der Waals surface area contributed by atoms with Crippen LogP contribution in [-0.4, -0.2) is 13.2 Å². The molecule has 0 saturated heterocycles. The summed E-state index contributed by atoms with van der Waals surface area (Å²) in [6, 6.07) is 6.34. The Balaban J connectivity index is 2.03. The molecule has 0 aromatic heterocycles. The molecule has 0 amide bonds. The van der Waals surface area contributed by atoms with Crippen molar-refractivity contribution in [2.24, 2.45) is 5.92 Å². The lowest BCUT2D eigenvalue weighted by Crippen LogP contribution is -2.19. The predicted molar refractivity (Wildman–Crippen MR) is 77.1 cm³/mol. The Hall–Kier alpha value is -1.38. The molecule has 1 aromatic rings. The molecule has 2 atom stereocenters. The van der Waals surface area contributed by atoms with E-state index in [4.69, 9.17) is 10.5 Å². The molecule has 0 spiro atoms. The highest BCUT2D eigenvalue weighted by Crippen LogP contribution is 2.29. The van der Waals surface area contributed by atoms with E-state index in [-0.39, 0.29) is 0 Å².